The molecule has 0 unspecified atom stereocenters. The van der Waals surface area contributed by atoms with Crippen molar-refractivity contribution in [1.82, 2.24) is 4.98 Å². The number of hydrogen-bond acceptors (Lipinski definition) is 2. The fourth-order valence-electron chi connectivity index (χ4n) is 1.55. The van der Waals surface area contributed by atoms with E-state index in [-0.39, 0.29) is 6.17 Å². The Hall–Kier alpha value is -1.32. The molecule has 1 aromatic carbocycles. The summed E-state index contributed by atoms with van der Waals surface area (Å²) < 4.78 is 0. The van der Waals surface area contributed by atoms with Crippen molar-refractivity contribution in [2.45, 2.75) is 12.6 Å². The molecule has 13 heavy (non-hydrogen) atoms. The van der Waals surface area contributed by atoms with Gasteiger partial charge in [0.05, 0.1) is 6.17 Å². The summed E-state index contributed by atoms with van der Waals surface area (Å²) in [6.45, 7) is 0. The van der Waals surface area contributed by atoms with E-state index in [1.807, 2.05) is 24.4 Å². The molecule has 3 nitrogen and oxygen atoms in total. The van der Waals surface area contributed by atoms with E-state index in [1.54, 1.807) is 0 Å². The molecule has 68 valence electrons. The molecule has 1 aromatic heterocycles. The Kier molecular flexibility index (Phi) is 2.04. The normalized spacial score (nSPS) is 11.3. The average molecular weight is 175 g/mol. The van der Waals surface area contributed by atoms with Crippen LogP contribution >= 0.6 is 0 Å². The number of para-hydroxylation sites is 1. The minimum atomic E-state index is -0.279. The topological polar surface area (TPSA) is 67.8 Å². The lowest BCUT2D eigenvalue weighted by Crippen LogP contribution is -2.32. The van der Waals surface area contributed by atoms with E-state index in [4.69, 9.17) is 11.5 Å². The molecule has 0 bridgehead atoms. The smallest absolute Gasteiger partial charge is 0.0563 e. The average Bonchev–Trinajstić information content (AvgIpc) is 2.48. The van der Waals surface area contributed by atoms with Crippen molar-refractivity contribution >= 4 is 10.9 Å². The van der Waals surface area contributed by atoms with Gasteiger partial charge in [0.1, 0.15) is 0 Å². The van der Waals surface area contributed by atoms with E-state index in [1.165, 1.54) is 10.9 Å². The molecule has 5 N–H and O–H groups in total. The van der Waals surface area contributed by atoms with Crippen molar-refractivity contribution in [2.24, 2.45) is 11.5 Å². The van der Waals surface area contributed by atoms with Crippen LogP contribution in [0.1, 0.15) is 5.56 Å². The third-order valence-corrected chi connectivity index (χ3v) is 2.13. The molecule has 0 amide bonds. The standard InChI is InChI=1S/C10H13N3/c11-10(12)5-7-6-13-9-4-2-1-3-8(7)9/h1-4,6,10,13H,5,11-12H2. The highest BCUT2D eigenvalue weighted by Gasteiger charge is 2.04. The zero-order valence-corrected chi connectivity index (χ0v) is 7.33. The number of fused-ring (bicyclic) bond motifs is 1. The van der Waals surface area contributed by atoms with Crippen LogP contribution in [0.2, 0.25) is 0 Å². The van der Waals surface area contributed by atoms with Crippen molar-refractivity contribution < 1.29 is 0 Å². The number of H-pyrrole nitrogens is 1. The molecule has 2 rings (SSSR count). The minimum absolute atomic E-state index is 0.279. The quantitative estimate of drug-likeness (QED) is 0.595. The summed E-state index contributed by atoms with van der Waals surface area (Å²) in [5.74, 6) is 0. The first kappa shape index (κ1) is 8.29. The second-order valence-electron chi connectivity index (χ2n) is 3.23. The van der Waals surface area contributed by atoms with Gasteiger partial charge < -0.3 is 16.5 Å². The summed E-state index contributed by atoms with van der Waals surface area (Å²) in [5, 5.41) is 1.21. The Balaban J connectivity index is 2.46. The zero-order valence-electron chi connectivity index (χ0n) is 7.33. The SMILES string of the molecule is NC(N)Cc1c[nH]c2ccccc12. The van der Waals surface area contributed by atoms with Crippen LogP contribution in [0.15, 0.2) is 30.5 Å². The number of hydrogen-bond donors (Lipinski definition) is 3. The van der Waals surface area contributed by atoms with Gasteiger partial charge in [-0.05, 0) is 11.6 Å². The monoisotopic (exact) mass is 175 g/mol. The highest BCUT2D eigenvalue weighted by Crippen LogP contribution is 2.17. The molecule has 0 aliphatic rings. The van der Waals surface area contributed by atoms with Crippen LogP contribution in [0.25, 0.3) is 10.9 Å². The number of aromatic amines is 1. The molecule has 0 aliphatic carbocycles. The van der Waals surface area contributed by atoms with Crippen LogP contribution in [-0.4, -0.2) is 11.1 Å². The largest absolute Gasteiger partial charge is 0.361 e. The Labute approximate surface area is 76.7 Å². The van der Waals surface area contributed by atoms with Gasteiger partial charge in [0.25, 0.3) is 0 Å². The molecular weight excluding hydrogens is 162 g/mol. The summed E-state index contributed by atoms with van der Waals surface area (Å²) >= 11 is 0. The third kappa shape index (κ3) is 1.56. The molecule has 0 aliphatic heterocycles. The lowest BCUT2D eigenvalue weighted by Gasteiger charge is -2.02. The second-order valence-corrected chi connectivity index (χ2v) is 3.23. The van der Waals surface area contributed by atoms with E-state index in [2.05, 4.69) is 11.1 Å². The minimum Gasteiger partial charge on any atom is -0.361 e. The summed E-state index contributed by atoms with van der Waals surface area (Å²) in [6.07, 6.45) is 2.40. The third-order valence-electron chi connectivity index (χ3n) is 2.13. The lowest BCUT2D eigenvalue weighted by atomic mass is 10.1. The lowest BCUT2D eigenvalue weighted by molar-refractivity contribution is 0.706. The van der Waals surface area contributed by atoms with Crippen LogP contribution in [0.4, 0.5) is 0 Å². The van der Waals surface area contributed by atoms with Gasteiger partial charge in [-0.2, -0.15) is 0 Å². The van der Waals surface area contributed by atoms with Crippen LogP contribution in [0.3, 0.4) is 0 Å². The van der Waals surface area contributed by atoms with E-state index < -0.39 is 0 Å². The molecule has 3 heteroatoms. The Morgan fingerprint density at radius 3 is 2.77 bits per heavy atom. The first-order valence-electron chi connectivity index (χ1n) is 4.33. The molecule has 1 heterocycles. The summed E-state index contributed by atoms with van der Waals surface area (Å²) in [6, 6.07) is 8.14. The van der Waals surface area contributed by atoms with Crippen LogP contribution < -0.4 is 11.5 Å². The highest BCUT2D eigenvalue weighted by molar-refractivity contribution is 5.83. The fourth-order valence-corrected chi connectivity index (χ4v) is 1.55. The van der Waals surface area contributed by atoms with Gasteiger partial charge in [-0.3, -0.25) is 0 Å². The first-order chi connectivity index (χ1) is 6.27. The molecule has 0 fully saturated rings. The first-order valence-corrected chi connectivity index (χ1v) is 4.33. The van der Waals surface area contributed by atoms with Gasteiger partial charge in [-0.15, -0.1) is 0 Å². The number of aromatic nitrogens is 1. The Bertz CT molecular complexity index is 403. The van der Waals surface area contributed by atoms with Crippen molar-refractivity contribution in [3.05, 3.63) is 36.0 Å². The molecule has 0 saturated carbocycles. The van der Waals surface area contributed by atoms with Gasteiger partial charge in [0.2, 0.25) is 0 Å². The number of nitrogens with one attached hydrogen (secondary N) is 1. The van der Waals surface area contributed by atoms with Crippen LogP contribution in [-0.2, 0) is 6.42 Å². The molecule has 0 spiro atoms. The van der Waals surface area contributed by atoms with Crippen molar-refractivity contribution in [1.29, 1.82) is 0 Å². The van der Waals surface area contributed by atoms with Crippen molar-refractivity contribution in [3.63, 3.8) is 0 Å². The van der Waals surface area contributed by atoms with E-state index in [9.17, 15) is 0 Å². The number of benzene rings is 1. The zero-order chi connectivity index (χ0) is 9.26. The van der Waals surface area contributed by atoms with Crippen molar-refractivity contribution in [3.8, 4) is 0 Å². The number of nitrogens with two attached hydrogens (primary N) is 2. The maximum Gasteiger partial charge on any atom is 0.0563 e. The summed E-state index contributed by atoms with van der Waals surface area (Å²) in [4.78, 5) is 3.18. The Morgan fingerprint density at radius 2 is 2.00 bits per heavy atom. The van der Waals surface area contributed by atoms with Crippen LogP contribution in [0.5, 0.6) is 0 Å². The molecule has 0 saturated heterocycles. The predicted molar refractivity (Wildman–Crippen MR) is 54.2 cm³/mol. The van der Waals surface area contributed by atoms with E-state index in [0.717, 1.165) is 5.52 Å². The van der Waals surface area contributed by atoms with Gasteiger partial charge in [-0.25, -0.2) is 0 Å². The van der Waals surface area contributed by atoms with Gasteiger partial charge >= 0.3 is 0 Å². The fraction of sp³-hybridized carbons (Fsp3) is 0.200. The van der Waals surface area contributed by atoms with Gasteiger partial charge in [0, 0.05) is 23.5 Å². The van der Waals surface area contributed by atoms with E-state index in [0.29, 0.717) is 6.42 Å². The van der Waals surface area contributed by atoms with Gasteiger partial charge in [-0.1, -0.05) is 18.2 Å². The maximum atomic E-state index is 5.54. The summed E-state index contributed by atoms with van der Waals surface area (Å²) in [7, 11) is 0. The van der Waals surface area contributed by atoms with Gasteiger partial charge in [0.15, 0.2) is 0 Å². The second kappa shape index (κ2) is 3.20. The molecule has 0 atom stereocenters. The molecular formula is C10H13N3. The van der Waals surface area contributed by atoms with Crippen LogP contribution in [0, 0.1) is 0 Å². The molecule has 0 radical (unpaired) electrons. The number of rotatable bonds is 2. The highest BCUT2D eigenvalue weighted by atomic mass is 14.8. The Morgan fingerprint density at radius 1 is 1.23 bits per heavy atom. The molecule has 2 aromatic rings. The summed E-state index contributed by atoms with van der Waals surface area (Å²) in [5.41, 5.74) is 13.4. The van der Waals surface area contributed by atoms with E-state index >= 15 is 0 Å². The van der Waals surface area contributed by atoms with Crippen molar-refractivity contribution in [2.75, 3.05) is 0 Å². The maximum absolute atomic E-state index is 5.54. The predicted octanol–water partition coefficient (Wildman–Crippen LogP) is 0.954.